The van der Waals surface area contributed by atoms with Crippen molar-refractivity contribution in [2.45, 2.75) is 33.8 Å². The zero-order valence-electron chi connectivity index (χ0n) is 8.20. The van der Waals surface area contributed by atoms with Crippen molar-refractivity contribution < 1.29 is 14.6 Å². The Kier molecular flexibility index (Phi) is 4.90. The summed E-state index contributed by atoms with van der Waals surface area (Å²) in [5.74, 6) is -0.285. The summed E-state index contributed by atoms with van der Waals surface area (Å²) >= 11 is 0. The molecule has 0 spiro atoms. The minimum atomic E-state index is -0.982. The van der Waals surface area contributed by atoms with Crippen molar-refractivity contribution in [1.82, 2.24) is 0 Å². The van der Waals surface area contributed by atoms with Crippen molar-refractivity contribution in [3.05, 3.63) is 0 Å². The maximum atomic E-state index is 11.0. The van der Waals surface area contributed by atoms with E-state index < -0.39 is 12.1 Å². The van der Waals surface area contributed by atoms with E-state index in [9.17, 15) is 9.90 Å². The minimum absolute atomic E-state index is 0.0518. The first-order valence-corrected chi connectivity index (χ1v) is 4.35. The minimum Gasteiger partial charge on any atom is -0.464 e. The Balaban J connectivity index is 4.00. The van der Waals surface area contributed by atoms with E-state index >= 15 is 0 Å². The number of esters is 1. The van der Waals surface area contributed by atoms with Gasteiger partial charge in [0.15, 0.2) is 6.10 Å². The van der Waals surface area contributed by atoms with Crippen LogP contribution in [0.4, 0.5) is 0 Å². The quantitative estimate of drug-likeness (QED) is 0.651. The number of hydrogen-bond acceptors (Lipinski definition) is 3. The highest BCUT2D eigenvalue weighted by Gasteiger charge is 2.25. The van der Waals surface area contributed by atoms with Gasteiger partial charge in [0.25, 0.3) is 0 Å². The van der Waals surface area contributed by atoms with Crippen LogP contribution in [0.5, 0.6) is 0 Å². The molecule has 12 heavy (non-hydrogen) atoms. The molecule has 0 fully saturated rings. The Morgan fingerprint density at radius 2 is 1.92 bits per heavy atom. The molecule has 0 aliphatic rings. The molecule has 72 valence electrons. The summed E-state index contributed by atoms with van der Waals surface area (Å²) < 4.78 is 4.69. The highest BCUT2D eigenvalue weighted by molar-refractivity contribution is 5.74. The van der Waals surface area contributed by atoms with E-state index in [1.807, 2.05) is 20.8 Å². The SMILES string of the molecule is CCOC(=O)C(O)C(C)C(C)C. The third-order valence-electron chi connectivity index (χ3n) is 2.08. The fourth-order valence-corrected chi connectivity index (χ4v) is 0.807. The first-order chi connectivity index (χ1) is 5.50. The highest BCUT2D eigenvalue weighted by atomic mass is 16.5. The third kappa shape index (κ3) is 3.22. The average molecular weight is 174 g/mol. The van der Waals surface area contributed by atoms with Crippen LogP contribution in [0.15, 0.2) is 0 Å². The molecule has 0 aliphatic carbocycles. The van der Waals surface area contributed by atoms with Crippen molar-refractivity contribution in [2.75, 3.05) is 6.61 Å². The van der Waals surface area contributed by atoms with Gasteiger partial charge in [-0.05, 0) is 18.8 Å². The van der Waals surface area contributed by atoms with Gasteiger partial charge in [0, 0.05) is 0 Å². The van der Waals surface area contributed by atoms with Gasteiger partial charge in [-0.15, -0.1) is 0 Å². The van der Waals surface area contributed by atoms with Crippen LogP contribution in [-0.4, -0.2) is 23.8 Å². The topological polar surface area (TPSA) is 46.5 Å². The molecule has 0 bridgehead atoms. The molecule has 0 rings (SSSR count). The number of aliphatic hydroxyl groups is 1. The maximum absolute atomic E-state index is 11.0. The second-order valence-corrected chi connectivity index (χ2v) is 3.30. The Hall–Kier alpha value is -0.570. The van der Waals surface area contributed by atoms with Crippen LogP contribution in [0.2, 0.25) is 0 Å². The molecule has 0 amide bonds. The predicted molar refractivity (Wildman–Crippen MR) is 46.6 cm³/mol. The summed E-state index contributed by atoms with van der Waals surface area (Å²) in [6, 6.07) is 0. The van der Waals surface area contributed by atoms with E-state index in [-0.39, 0.29) is 11.8 Å². The zero-order valence-corrected chi connectivity index (χ0v) is 8.20. The summed E-state index contributed by atoms with van der Waals surface area (Å²) in [6.45, 7) is 7.82. The summed E-state index contributed by atoms with van der Waals surface area (Å²) in [5.41, 5.74) is 0. The van der Waals surface area contributed by atoms with Gasteiger partial charge in [-0.1, -0.05) is 20.8 Å². The normalized spacial score (nSPS) is 15.8. The van der Waals surface area contributed by atoms with Crippen LogP contribution in [0.25, 0.3) is 0 Å². The molecule has 0 radical (unpaired) electrons. The van der Waals surface area contributed by atoms with Crippen molar-refractivity contribution >= 4 is 5.97 Å². The van der Waals surface area contributed by atoms with E-state index in [0.29, 0.717) is 6.61 Å². The standard InChI is InChI=1S/C9H18O3/c1-5-12-9(11)8(10)7(4)6(2)3/h6-8,10H,5H2,1-4H3. The lowest BCUT2D eigenvalue weighted by atomic mass is 9.92. The smallest absolute Gasteiger partial charge is 0.335 e. The number of carbonyl (C=O) groups excluding carboxylic acids is 1. The number of aliphatic hydroxyl groups excluding tert-OH is 1. The molecule has 0 saturated heterocycles. The van der Waals surface area contributed by atoms with Gasteiger partial charge in [0.1, 0.15) is 0 Å². The first-order valence-electron chi connectivity index (χ1n) is 4.35. The fourth-order valence-electron chi connectivity index (χ4n) is 0.807. The second kappa shape index (κ2) is 5.14. The van der Waals surface area contributed by atoms with Crippen LogP contribution in [0.1, 0.15) is 27.7 Å². The molecule has 1 N–H and O–H groups in total. The number of rotatable bonds is 4. The lowest BCUT2D eigenvalue weighted by Gasteiger charge is -2.20. The summed E-state index contributed by atoms with van der Waals surface area (Å²) in [4.78, 5) is 11.0. The molecule has 0 heterocycles. The molecule has 2 unspecified atom stereocenters. The average Bonchev–Trinajstić information content (AvgIpc) is 2.02. The van der Waals surface area contributed by atoms with E-state index in [1.54, 1.807) is 6.92 Å². The van der Waals surface area contributed by atoms with Gasteiger partial charge in [-0.3, -0.25) is 0 Å². The maximum Gasteiger partial charge on any atom is 0.335 e. The van der Waals surface area contributed by atoms with Crippen molar-refractivity contribution in [2.24, 2.45) is 11.8 Å². The molecule has 0 aromatic heterocycles. The number of hydrogen-bond donors (Lipinski definition) is 1. The van der Waals surface area contributed by atoms with Gasteiger partial charge >= 0.3 is 5.97 Å². The first kappa shape index (κ1) is 11.4. The zero-order chi connectivity index (χ0) is 9.72. The molecule has 2 atom stereocenters. The van der Waals surface area contributed by atoms with E-state index in [0.717, 1.165) is 0 Å². The summed E-state index contributed by atoms with van der Waals surface area (Å²) in [7, 11) is 0. The largest absolute Gasteiger partial charge is 0.464 e. The third-order valence-corrected chi connectivity index (χ3v) is 2.08. The summed E-state index contributed by atoms with van der Waals surface area (Å²) in [5, 5.41) is 9.41. The van der Waals surface area contributed by atoms with E-state index in [4.69, 9.17) is 0 Å². The van der Waals surface area contributed by atoms with Gasteiger partial charge in [0.2, 0.25) is 0 Å². The lowest BCUT2D eigenvalue weighted by molar-refractivity contribution is -0.156. The van der Waals surface area contributed by atoms with Crippen LogP contribution in [-0.2, 0) is 9.53 Å². The Morgan fingerprint density at radius 1 is 1.42 bits per heavy atom. The Morgan fingerprint density at radius 3 is 2.25 bits per heavy atom. The molecule has 0 aromatic carbocycles. The van der Waals surface area contributed by atoms with Crippen molar-refractivity contribution in [1.29, 1.82) is 0 Å². The van der Waals surface area contributed by atoms with Gasteiger partial charge < -0.3 is 9.84 Å². The van der Waals surface area contributed by atoms with Crippen LogP contribution in [0.3, 0.4) is 0 Å². The number of carbonyl (C=O) groups is 1. The molecule has 0 aliphatic heterocycles. The predicted octanol–water partition coefficient (Wildman–Crippen LogP) is 1.20. The molecular formula is C9H18O3. The highest BCUT2D eigenvalue weighted by Crippen LogP contribution is 2.15. The molecular weight excluding hydrogens is 156 g/mol. The Labute approximate surface area is 73.7 Å². The molecule has 0 saturated carbocycles. The van der Waals surface area contributed by atoms with Gasteiger partial charge in [0.05, 0.1) is 6.61 Å². The molecule has 3 heteroatoms. The van der Waals surface area contributed by atoms with Crippen LogP contribution in [0, 0.1) is 11.8 Å². The van der Waals surface area contributed by atoms with Gasteiger partial charge in [-0.25, -0.2) is 4.79 Å². The van der Waals surface area contributed by atoms with Crippen LogP contribution < -0.4 is 0 Å². The van der Waals surface area contributed by atoms with E-state index in [1.165, 1.54) is 0 Å². The van der Waals surface area contributed by atoms with E-state index in [2.05, 4.69) is 4.74 Å². The van der Waals surface area contributed by atoms with Crippen LogP contribution >= 0.6 is 0 Å². The monoisotopic (exact) mass is 174 g/mol. The van der Waals surface area contributed by atoms with Crippen molar-refractivity contribution in [3.8, 4) is 0 Å². The lowest BCUT2D eigenvalue weighted by Crippen LogP contribution is -2.32. The second-order valence-electron chi connectivity index (χ2n) is 3.30. The Bertz CT molecular complexity index is 143. The van der Waals surface area contributed by atoms with Gasteiger partial charge in [-0.2, -0.15) is 0 Å². The molecule has 0 aromatic rings. The summed E-state index contributed by atoms with van der Waals surface area (Å²) in [6.07, 6.45) is -0.982. The fraction of sp³-hybridized carbons (Fsp3) is 0.889. The van der Waals surface area contributed by atoms with Crippen molar-refractivity contribution in [3.63, 3.8) is 0 Å². The number of ether oxygens (including phenoxy) is 1. The molecule has 3 nitrogen and oxygen atoms in total.